The highest BCUT2D eigenvalue weighted by molar-refractivity contribution is 6.08. The zero-order valence-electron chi connectivity index (χ0n) is 14.0. The Kier molecular flexibility index (Phi) is 4.38. The Morgan fingerprint density at radius 1 is 1.12 bits per heavy atom. The summed E-state index contributed by atoms with van der Waals surface area (Å²) in [7, 11) is 0. The van der Waals surface area contributed by atoms with Gasteiger partial charge in [0, 0.05) is 22.5 Å². The van der Waals surface area contributed by atoms with Gasteiger partial charge in [-0.3, -0.25) is 0 Å². The first kappa shape index (κ1) is 16.2. The minimum Gasteiger partial charge on any atom is -0.461 e. The van der Waals surface area contributed by atoms with Crippen molar-refractivity contribution in [3.8, 4) is 11.1 Å². The van der Waals surface area contributed by atoms with Gasteiger partial charge >= 0.3 is 5.97 Å². The molecular weight excluding hydrogens is 305 g/mol. The third-order valence-electron chi connectivity index (χ3n) is 4.03. The van der Waals surface area contributed by atoms with Crippen molar-refractivity contribution >= 4 is 16.9 Å². The smallest absolute Gasteiger partial charge is 0.355 e. The Morgan fingerprint density at radius 2 is 1.79 bits per heavy atom. The van der Waals surface area contributed by atoms with E-state index in [1.807, 2.05) is 42.7 Å². The maximum atomic E-state index is 13.3. The second-order valence-electron chi connectivity index (χ2n) is 5.93. The molecule has 0 atom stereocenters. The normalized spacial score (nSPS) is 11.2. The number of esters is 1. The van der Waals surface area contributed by atoms with Crippen LogP contribution >= 0.6 is 0 Å². The first-order chi connectivity index (χ1) is 11.5. The molecule has 0 spiro atoms. The van der Waals surface area contributed by atoms with Gasteiger partial charge in [0.05, 0.1) is 6.61 Å². The minimum absolute atomic E-state index is 0.0866. The van der Waals surface area contributed by atoms with Crippen molar-refractivity contribution in [2.45, 2.75) is 26.8 Å². The number of benzene rings is 2. The number of rotatable bonds is 4. The molecule has 3 nitrogen and oxygen atoms in total. The van der Waals surface area contributed by atoms with E-state index in [4.69, 9.17) is 4.74 Å². The molecule has 0 saturated carbocycles. The molecule has 4 heteroatoms. The summed E-state index contributed by atoms with van der Waals surface area (Å²) in [5.74, 6) is -0.661. The van der Waals surface area contributed by atoms with Crippen LogP contribution in [0.5, 0.6) is 0 Å². The first-order valence-corrected chi connectivity index (χ1v) is 8.10. The highest BCUT2D eigenvalue weighted by atomic mass is 19.1. The van der Waals surface area contributed by atoms with Crippen molar-refractivity contribution in [1.82, 2.24) is 4.57 Å². The van der Waals surface area contributed by atoms with Gasteiger partial charge in [0.15, 0.2) is 0 Å². The van der Waals surface area contributed by atoms with Gasteiger partial charge in [-0.2, -0.15) is 0 Å². The Morgan fingerprint density at radius 3 is 2.42 bits per heavy atom. The topological polar surface area (TPSA) is 31.2 Å². The zero-order chi connectivity index (χ0) is 17.3. The van der Waals surface area contributed by atoms with Crippen LogP contribution in [0.25, 0.3) is 22.0 Å². The number of aromatic nitrogens is 1. The van der Waals surface area contributed by atoms with Gasteiger partial charge in [-0.25, -0.2) is 9.18 Å². The molecule has 0 fully saturated rings. The number of carbonyl (C=O) groups excluding carboxylic acids is 1. The molecule has 24 heavy (non-hydrogen) atoms. The van der Waals surface area contributed by atoms with Crippen LogP contribution in [0.2, 0.25) is 0 Å². The predicted molar refractivity (Wildman–Crippen MR) is 93.7 cm³/mol. The van der Waals surface area contributed by atoms with Crippen LogP contribution in [-0.4, -0.2) is 17.1 Å². The Balaban J connectivity index is 2.39. The van der Waals surface area contributed by atoms with Gasteiger partial charge in [-0.15, -0.1) is 0 Å². The number of halogens is 1. The Labute approximate surface area is 140 Å². The molecular formula is C20H20FNO2. The largest absolute Gasteiger partial charge is 0.461 e. The van der Waals surface area contributed by atoms with Crippen LogP contribution < -0.4 is 0 Å². The number of hydrogen-bond acceptors (Lipinski definition) is 2. The number of ether oxygens (including phenoxy) is 1. The van der Waals surface area contributed by atoms with Crippen LogP contribution in [0.3, 0.4) is 0 Å². The third-order valence-corrected chi connectivity index (χ3v) is 4.03. The fraction of sp³-hybridized carbons (Fsp3) is 0.250. The molecule has 0 unspecified atom stereocenters. The summed E-state index contributed by atoms with van der Waals surface area (Å²) >= 11 is 0. The fourth-order valence-electron chi connectivity index (χ4n) is 3.11. The van der Waals surface area contributed by atoms with Crippen LogP contribution in [0.4, 0.5) is 4.39 Å². The predicted octanol–water partition coefficient (Wildman–Crippen LogP) is 5.21. The van der Waals surface area contributed by atoms with E-state index in [2.05, 4.69) is 0 Å². The van der Waals surface area contributed by atoms with Crippen molar-refractivity contribution in [2.75, 3.05) is 6.61 Å². The lowest BCUT2D eigenvalue weighted by Gasteiger charge is -2.14. The molecule has 0 saturated heterocycles. The lowest BCUT2D eigenvalue weighted by Crippen LogP contribution is -2.14. The SMILES string of the molecule is CCOC(=O)c1c(-c2ccc(F)cc2)c2ccccc2n1C(C)C. The molecule has 1 aromatic heterocycles. The Bertz CT molecular complexity index is 879. The minimum atomic E-state index is -0.360. The second-order valence-corrected chi connectivity index (χ2v) is 5.93. The molecule has 0 amide bonds. The van der Waals surface area contributed by atoms with Gasteiger partial charge in [0.25, 0.3) is 0 Å². The molecule has 3 rings (SSSR count). The van der Waals surface area contributed by atoms with E-state index < -0.39 is 0 Å². The second kappa shape index (κ2) is 6.48. The number of nitrogens with zero attached hydrogens (tertiary/aromatic N) is 1. The quantitative estimate of drug-likeness (QED) is 0.617. The third kappa shape index (κ3) is 2.68. The Hall–Kier alpha value is -2.62. The standard InChI is InChI=1S/C20H20FNO2/c1-4-24-20(23)19-18(14-9-11-15(21)12-10-14)16-7-5-6-8-17(16)22(19)13(2)3/h5-13H,4H2,1-3H3. The first-order valence-electron chi connectivity index (χ1n) is 8.10. The van der Waals surface area contributed by atoms with E-state index >= 15 is 0 Å². The van der Waals surface area contributed by atoms with E-state index in [-0.39, 0.29) is 17.8 Å². The summed E-state index contributed by atoms with van der Waals surface area (Å²) in [4.78, 5) is 12.7. The summed E-state index contributed by atoms with van der Waals surface area (Å²) in [5.41, 5.74) is 3.07. The van der Waals surface area contributed by atoms with Crippen molar-refractivity contribution in [1.29, 1.82) is 0 Å². The maximum Gasteiger partial charge on any atom is 0.355 e. The van der Waals surface area contributed by atoms with Gasteiger partial charge in [-0.05, 0) is 44.5 Å². The summed E-state index contributed by atoms with van der Waals surface area (Å²) in [6.45, 7) is 6.16. The molecule has 0 radical (unpaired) electrons. The summed E-state index contributed by atoms with van der Waals surface area (Å²) in [6.07, 6.45) is 0. The van der Waals surface area contributed by atoms with Crippen LogP contribution in [0, 0.1) is 5.82 Å². The number of hydrogen-bond donors (Lipinski definition) is 0. The average molecular weight is 325 g/mol. The van der Waals surface area contributed by atoms with E-state index in [1.165, 1.54) is 12.1 Å². The monoisotopic (exact) mass is 325 g/mol. The van der Waals surface area contributed by atoms with Gasteiger partial charge in [-0.1, -0.05) is 30.3 Å². The lowest BCUT2D eigenvalue weighted by atomic mass is 10.0. The van der Waals surface area contributed by atoms with Crippen molar-refractivity contribution in [3.05, 3.63) is 60.0 Å². The molecule has 1 heterocycles. The molecule has 2 aromatic carbocycles. The summed E-state index contributed by atoms with van der Waals surface area (Å²) in [6, 6.07) is 14.2. The molecule has 124 valence electrons. The zero-order valence-corrected chi connectivity index (χ0v) is 14.0. The van der Waals surface area contributed by atoms with Gasteiger partial charge in [0.1, 0.15) is 11.5 Å². The number of carbonyl (C=O) groups is 1. The molecule has 0 aliphatic carbocycles. The van der Waals surface area contributed by atoms with Crippen molar-refractivity contribution in [2.24, 2.45) is 0 Å². The number of fused-ring (bicyclic) bond motifs is 1. The molecule has 0 bridgehead atoms. The molecule has 0 aliphatic rings. The van der Waals surface area contributed by atoms with E-state index in [0.29, 0.717) is 12.3 Å². The molecule has 0 aliphatic heterocycles. The van der Waals surface area contributed by atoms with E-state index in [0.717, 1.165) is 22.0 Å². The molecule has 0 N–H and O–H groups in total. The summed E-state index contributed by atoms with van der Waals surface area (Å²) in [5, 5.41) is 0.959. The van der Waals surface area contributed by atoms with Crippen LogP contribution in [-0.2, 0) is 4.74 Å². The van der Waals surface area contributed by atoms with Crippen LogP contribution in [0.15, 0.2) is 48.5 Å². The highest BCUT2D eigenvalue weighted by Gasteiger charge is 2.25. The van der Waals surface area contributed by atoms with Gasteiger partial charge < -0.3 is 9.30 Å². The highest BCUT2D eigenvalue weighted by Crippen LogP contribution is 2.37. The van der Waals surface area contributed by atoms with Crippen LogP contribution in [0.1, 0.15) is 37.3 Å². The van der Waals surface area contributed by atoms with E-state index in [9.17, 15) is 9.18 Å². The average Bonchev–Trinajstić information content (AvgIpc) is 2.91. The lowest BCUT2D eigenvalue weighted by molar-refractivity contribution is 0.0514. The number of para-hydroxylation sites is 1. The van der Waals surface area contributed by atoms with Crippen molar-refractivity contribution in [3.63, 3.8) is 0 Å². The fourth-order valence-corrected chi connectivity index (χ4v) is 3.11. The van der Waals surface area contributed by atoms with Gasteiger partial charge in [0.2, 0.25) is 0 Å². The summed E-state index contributed by atoms with van der Waals surface area (Å²) < 4.78 is 20.6. The van der Waals surface area contributed by atoms with Crippen molar-refractivity contribution < 1.29 is 13.9 Å². The van der Waals surface area contributed by atoms with E-state index in [1.54, 1.807) is 19.1 Å². The molecule has 3 aromatic rings. The maximum absolute atomic E-state index is 13.3.